The molecule has 1 fully saturated rings. The van der Waals surface area contributed by atoms with E-state index in [9.17, 15) is 0 Å². The molecule has 15 heavy (non-hydrogen) atoms. The van der Waals surface area contributed by atoms with Crippen LogP contribution in [0.15, 0.2) is 22.7 Å². The van der Waals surface area contributed by atoms with E-state index in [0.717, 1.165) is 19.6 Å². The number of para-hydroxylation sites is 1. The van der Waals surface area contributed by atoms with Gasteiger partial charge in [-0.2, -0.15) is 0 Å². The monoisotopic (exact) mass is 266 g/mol. The van der Waals surface area contributed by atoms with Crippen LogP contribution in [-0.2, 0) is 5.41 Å². The number of nitrogens with one attached hydrogen (secondary N) is 2. The normalized spacial score (nSPS) is 22.5. The molecule has 0 aromatic heterocycles. The zero-order valence-corrected chi connectivity index (χ0v) is 10.2. The summed E-state index contributed by atoms with van der Waals surface area (Å²) in [6.07, 6.45) is 2.51. The van der Waals surface area contributed by atoms with E-state index in [0.29, 0.717) is 5.41 Å². The molecule has 2 aliphatic heterocycles. The highest BCUT2D eigenvalue weighted by molar-refractivity contribution is 9.10. The molecule has 2 nitrogen and oxygen atoms in total. The molecule has 2 aliphatic rings. The topological polar surface area (TPSA) is 24.1 Å². The van der Waals surface area contributed by atoms with Crippen LogP contribution in [0.3, 0.4) is 0 Å². The number of hydrogen-bond donors (Lipinski definition) is 2. The van der Waals surface area contributed by atoms with Crippen LogP contribution in [-0.4, -0.2) is 19.6 Å². The molecular formula is C12H15BrN2. The first-order chi connectivity index (χ1) is 7.32. The van der Waals surface area contributed by atoms with Crippen LogP contribution in [0.5, 0.6) is 0 Å². The van der Waals surface area contributed by atoms with Crippen LogP contribution in [0.2, 0.25) is 0 Å². The highest BCUT2D eigenvalue weighted by atomic mass is 79.9. The molecule has 3 heteroatoms. The number of benzene rings is 1. The molecule has 0 saturated carbocycles. The molecule has 0 atom stereocenters. The molecule has 80 valence electrons. The zero-order valence-electron chi connectivity index (χ0n) is 8.65. The number of hydrogen-bond acceptors (Lipinski definition) is 2. The predicted molar refractivity (Wildman–Crippen MR) is 66.4 cm³/mol. The summed E-state index contributed by atoms with van der Waals surface area (Å²) < 4.78 is 1.20. The highest BCUT2D eigenvalue weighted by Gasteiger charge is 2.40. The molecule has 1 aromatic carbocycles. The molecule has 1 aromatic rings. The number of halogens is 1. The van der Waals surface area contributed by atoms with Crippen LogP contribution in [0.25, 0.3) is 0 Å². The lowest BCUT2D eigenvalue weighted by Gasteiger charge is -2.33. The van der Waals surface area contributed by atoms with Crippen LogP contribution < -0.4 is 10.6 Å². The third-order valence-corrected chi connectivity index (χ3v) is 4.41. The Bertz CT molecular complexity index is 383. The van der Waals surface area contributed by atoms with E-state index in [-0.39, 0.29) is 0 Å². The molecule has 0 unspecified atom stereocenters. The van der Waals surface area contributed by atoms with Crippen molar-refractivity contribution in [2.24, 2.45) is 0 Å². The van der Waals surface area contributed by atoms with E-state index < -0.39 is 0 Å². The first-order valence-electron chi connectivity index (χ1n) is 5.55. The van der Waals surface area contributed by atoms with Crippen molar-refractivity contribution >= 4 is 21.6 Å². The summed E-state index contributed by atoms with van der Waals surface area (Å²) >= 11 is 3.62. The summed E-state index contributed by atoms with van der Waals surface area (Å²) in [5.74, 6) is 0. The number of anilines is 1. The summed E-state index contributed by atoms with van der Waals surface area (Å²) in [4.78, 5) is 0. The lowest BCUT2D eigenvalue weighted by molar-refractivity contribution is 0.335. The van der Waals surface area contributed by atoms with Crippen LogP contribution >= 0.6 is 15.9 Å². The van der Waals surface area contributed by atoms with Crippen LogP contribution in [0, 0.1) is 0 Å². The largest absolute Gasteiger partial charge is 0.383 e. The standard InChI is InChI=1S/C12H15BrN2/c13-10-3-1-2-9-11(10)15-8-12(9)4-6-14-7-5-12/h1-3,14-15H,4-8H2. The number of fused-ring (bicyclic) bond motifs is 2. The van der Waals surface area contributed by atoms with Gasteiger partial charge in [-0.05, 0) is 53.5 Å². The van der Waals surface area contributed by atoms with Gasteiger partial charge < -0.3 is 10.6 Å². The Balaban J connectivity index is 2.06. The number of rotatable bonds is 0. The van der Waals surface area contributed by atoms with E-state index >= 15 is 0 Å². The second kappa shape index (κ2) is 3.49. The molecule has 0 radical (unpaired) electrons. The van der Waals surface area contributed by atoms with Gasteiger partial charge in [-0.15, -0.1) is 0 Å². The lowest BCUT2D eigenvalue weighted by Crippen LogP contribution is -2.41. The summed E-state index contributed by atoms with van der Waals surface area (Å²) in [5.41, 5.74) is 3.22. The maximum Gasteiger partial charge on any atom is 0.0523 e. The van der Waals surface area contributed by atoms with E-state index in [1.54, 1.807) is 0 Å². The van der Waals surface area contributed by atoms with E-state index in [1.807, 2.05) is 0 Å². The quantitative estimate of drug-likeness (QED) is 0.754. The molecule has 0 amide bonds. The van der Waals surface area contributed by atoms with Gasteiger partial charge in [0.25, 0.3) is 0 Å². The summed E-state index contributed by atoms with van der Waals surface area (Å²) in [6, 6.07) is 6.55. The van der Waals surface area contributed by atoms with Crippen molar-refractivity contribution in [3.05, 3.63) is 28.2 Å². The van der Waals surface area contributed by atoms with Crippen LogP contribution in [0.1, 0.15) is 18.4 Å². The molecule has 3 rings (SSSR count). The Labute approximate surface area is 98.6 Å². The maximum atomic E-state index is 3.62. The van der Waals surface area contributed by atoms with Crippen molar-refractivity contribution in [1.82, 2.24) is 5.32 Å². The van der Waals surface area contributed by atoms with Crippen molar-refractivity contribution in [3.63, 3.8) is 0 Å². The first-order valence-corrected chi connectivity index (χ1v) is 6.35. The van der Waals surface area contributed by atoms with Crippen molar-refractivity contribution in [1.29, 1.82) is 0 Å². The molecule has 1 spiro atoms. The second-order valence-electron chi connectivity index (χ2n) is 4.55. The van der Waals surface area contributed by atoms with E-state index in [2.05, 4.69) is 44.8 Å². The first kappa shape index (κ1) is 9.67. The SMILES string of the molecule is Brc1cccc2c1NCC21CCNCC1. The lowest BCUT2D eigenvalue weighted by atomic mass is 9.75. The second-order valence-corrected chi connectivity index (χ2v) is 5.40. The maximum absolute atomic E-state index is 3.62. The van der Waals surface area contributed by atoms with Gasteiger partial charge in [0.1, 0.15) is 0 Å². The minimum absolute atomic E-state index is 0.393. The van der Waals surface area contributed by atoms with Gasteiger partial charge in [-0.1, -0.05) is 12.1 Å². The fourth-order valence-electron chi connectivity index (χ4n) is 2.85. The molecule has 1 saturated heterocycles. The van der Waals surface area contributed by atoms with E-state index in [1.165, 1.54) is 28.6 Å². The molecule has 2 heterocycles. The minimum atomic E-state index is 0.393. The molecular weight excluding hydrogens is 252 g/mol. The van der Waals surface area contributed by atoms with Crippen molar-refractivity contribution in [2.45, 2.75) is 18.3 Å². The zero-order chi connectivity index (χ0) is 10.3. The van der Waals surface area contributed by atoms with Gasteiger partial charge in [-0.3, -0.25) is 0 Å². The fourth-order valence-corrected chi connectivity index (χ4v) is 3.36. The average Bonchev–Trinajstić information content (AvgIpc) is 2.61. The average molecular weight is 267 g/mol. The fraction of sp³-hybridized carbons (Fsp3) is 0.500. The Hall–Kier alpha value is -0.540. The number of piperidine rings is 1. The summed E-state index contributed by atoms with van der Waals surface area (Å²) in [5, 5.41) is 7.00. The van der Waals surface area contributed by atoms with Crippen molar-refractivity contribution in [2.75, 3.05) is 25.0 Å². The van der Waals surface area contributed by atoms with Crippen molar-refractivity contribution < 1.29 is 0 Å². The van der Waals surface area contributed by atoms with Gasteiger partial charge >= 0.3 is 0 Å². The van der Waals surface area contributed by atoms with Gasteiger partial charge in [0.15, 0.2) is 0 Å². The Morgan fingerprint density at radius 3 is 2.80 bits per heavy atom. The Morgan fingerprint density at radius 2 is 2.00 bits per heavy atom. The Morgan fingerprint density at radius 1 is 1.20 bits per heavy atom. The third-order valence-electron chi connectivity index (χ3n) is 3.75. The summed E-state index contributed by atoms with van der Waals surface area (Å²) in [6.45, 7) is 3.40. The predicted octanol–water partition coefficient (Wildman–Crippen LogP) is 2.50. The molecule has 0 bridgehead atoms. The Kier molecular flexibility index (Phi) is 2.25. The van der Waals surface area contributed by atoms with Gasteiger partial charge in [-0.25, -0.2) is 0 Å². The van der Waals surface area contributed by atoms with Gasteiger partial charge in [0, 0.05) is 16.4 Å². The van der Waals surface area contributed by atoms with Crippen LogP contribution in [0.4, 0.5) is 5.69 Å². The third kappa shape index (κ3) is 1.41. The van der Waals surface area contributed by atoms with E-state index in [4.69, 9.17) is 0 Å². The molecule has 0 aliphatic carbocycles. The highest BCUT2D eigenvalue weighted by Crippen LogP contribution is 2.45. The molecule has 2 N–H and O–H groups in total. The minimum Gasteiger partial charge on any atom is -0.383 e. The smallest absolute Gasteiger partial charge is 0.0523 e. The van der Waals surface area contributed by atoms with Crippen molar-refractivity contribution in [3.8, 4) is 0 Å². The summed E-state index contributed by atoms with van der Waals surface area (Å²) in [7, 11) is 0. The van der Waals surface area contributed by atoms with Gasteiger partial charge in [0.2, 0.25) is 0 Å². The van der Waals surface area contributed by atoms with Gasteiger partial charge in [0.05, 0.1) is 5.69 Å².